The summed E-state index contributed by atoms with van der Waals surface area (Å²) >= 11 is 0. The molecule has 2 aliphatic heterocycles. The molecule has 2 aromatic carbocycles. The van der Waals surface area contributed by atoms with E-state index in [-0.39, 0.29) is 35.5 Å². The van der Waals surface area contributed by atoms with Gasteiger partial charge in [0.1, 0.15) is 11.4 Å². The van der Waals surface area contributed by atoms with Gasteiger partial charge in [0.15, 0.2) is 9.84 Å². The van der Waals surface area contributed by atoms with Crippen LogP contribution in [0.3, 0.4) is 0 Å². The summed E-state index contributed by atoms with van der Waals surface area (Å²) in [5.41, 5.74) is 0.566. The number of alkyl carbamates (subject to hydrolysis) is 2. The van der Waals surface area contributed by atoms with E-state index in [1.54, 1.807) is 24.3 Å². The zero-order valence-corrected chi connectivity index (χ0v) is 30.6. The molecule has 0 radical (unpaired) electrons. The van der Waals surface area contributed by atoms with Crippen LogP contribution in [-0.4, -0.2) is 88.8 Å². The van der Waals surface area contributed by atoms with Crippen LogP contribution in [0.15, 0.2) is 53.4 Å². The van der Waals surface area contributed by atoms with Gasteiger partial charge in [0.25, 0.3) is 0 Å². The maximum atomic E-state index is 15.0. The van der Waals surface area contributed by atoms with Crippen LogP contribution in [0.4, 0.5) is 19.7 Å². The predicted octanol–water partition coefficient (Wildman–Crippen LogP) is 5.90. The molecule has 0 bridgehead atoms. The van der Waals surface area contributed by atoms with Crippen molar-refractivity contribution in [3.05, 3.63) is 59.9 Å². The number of ether oxygens (including phenoxy) is 2. The third kappa shape index (κ3) is 8.06. The molecule has 12 heteroatoms. The standard InChI is InChI=1S/C38H53FN4O6S/c1-37(2,3)49-35(44)40-25-38(28-7-5-8-29(39)21-28,33-9-6-10-34(33)41-36(45)48-4)27-17-19-42(20-18-27)22-26-23-43(24-26)30-11-13-31(14-12-30)50(46,47)32-15-16-32/h5,7-8,11-14,21,26-27,32-34H,6,9-10,15-20,22-25H2,1-4H3,(H,40,44)(H,41,45)/t33-,34-,38-/m0/s1. The highest BCUT2D eigenvalue weighted by molar-refractivity contribution is 7.92. The number of hydrogen-bond donors (Lipinski definition) is 2. The number of carbonyl (C=O) groups excluding carboxylic acids is 2. The minimum absolute atomic E-state index is 0.0549. The summed E-state index contributed by atoms with van der Waals surface area (Å²) in [5.74, 6) is 0.238. The Balaban J connectivity index is 1.15. The smallest absolute Gasteiger partial charge is 0.407 e. The van der Waals surface area contributed by atoms with E-state index < -0.39 is 33.0 Å². The fourth-order valence-corrected chi connectivity index (χ4v) is 10.4. The topological polar surface area (TPSA) is 117 Å². The monoisotopic (exact) mass is 712 g/mol. The van der Waals surface area contributed by atoms with Gasteiger partial charge >= 0.3 is 12.2 Å². The van der Waals surface area contributed by atoms with Gasteiger partial charge in [-0.3, -0.25) is 0 Å². The molecule has 50 heavy (non-hydrogen) atoms. The molecule has 6 rings (SSSR count). The molecule has 0 unspecified atom stereocenters. The molecule has 3 atom stereocenters. The number of halogens is 1. The van der Waals surface area contributed by atoms with Crippen LogP contribution in [0.25, 0.3) is 0 Å². The molecule has 10 nitrogen and oxygen atoms in total. The number of nitrogens with zero attached hydrogens (tertiary/aromatic N) is 2. The van der Waals surface area contributed by atoms with Gasteiger partial charge in [-0.25, -0.2) is 22.4 Å². The molecule has 2 saturated carbocycles. The van der Waals surface area contributed by atoms with E-state index in [9.17, 15) is 18.0 Å². The number of anilines is 1. The average Bonchev–Trinajstić information content (AvgIpc) is 3.83. The number of rotatable bonds is 11. The third-order valence-electron chi connectivity index (χ3n) is 11.2. The van der Waals surface area contributed by atoms with Crippen LogP contribution in [-0.2, 0) is 24.7 Å². The quantitative estimate of drug-likeness (QED) is 0.296. The van der Waals surface area contributed by atoms with E-state index >= 15 is 4.39 Å². The van der Waals surface area contributed by atoms with Crippen molar-refractivity contribution >= 4 is 27.7 Å². The highest BCUT2D eigenvalue weighted by Gasteiger charge is 2.52. The average molecular weight is 713 g/mol. The fraction of sp³-hybridized carbons (Fsp3) is 0.632. The molecule has 4 fully saturated rings. The van der Waals surface area contributed by atoms with Crippen molar-refractivity contribution in [2.45, 2.75) is 92.9 Å². The minimum atomic E-state index is -3.19. The van der Waals surface area contributed by atoms with Crippen molar-refractivity contribution in [1.29, 1.82) is 0 Å². The number of piperidine rings is 1. The number of amides is 2. The number of carbonyl (C=O) groups is 2. The maximum Gasteiger partial charge on any atom is 0.407 e. The molecule has 2 aromatic rings. The highest BCUT2D eigenvalue weighted by atomic mass is 32.2. The molecule has 0 spiro atoms. The minimum Gasteiger partial charge on any atom is -0.453 e. The third-order valence-corrected chi connectivity index (χ3v) is 13.5. The van der Waals surface area contributed by atoms with Gasteiger partial charge in [-0.2, -0.15) is 0 Å². The molecule has 2 N–H and O–H groups in total. The van der Waals surface area contributed by atoms with Crippen LogP contribution < -0.4 is 15.5 Å². The van der Waals surface area contributed by atoms with Crippen LogP contribution >= 0.6 is 0 Å². The Morgan fingerprint density at radius 3 is 2.26 bits per heavy atom. The molecule has 2 heterocycles. The first-order valence-electron chi connectivity index (χ1n) is 18.2. The molecular weight excluding hydrogens is 660 g/mol. The number of benzene rings is 2. The summed E-state index contributed by atoms with van der Waals surface area (Å²) in [5, 5.41) is 5.95. The number of likely N-dealkylation sites (tertiary alicyclic amines) is 1. The second kappa shape index (κ2) is 14.7. The largest absolute Gasteiger partial charge is 0.453 e. The molecule has 274 valence electrons. The molecule has 2 amide bonds. The van der Waals surface area contributed by atoms with Gasteiger partial charge in [0.05, 0.1) is 17.3 Å². The van der Waals surface area contributed by atoms with E-state index in [0.29, 0.717) is 10.8 Å². The lowest BCUT2D eigenvalue weighted by molar-refractivity contribution is 0.0401. The van der Waals surface area contributed by atoms with Crippen molar-refractivity contribution in [1.82, 2.24) is 15.5 Å². The Hall–Kier alpha value is -3.38. The summed E-state index contributed by atoms with van der Waals surface area (Å²) in [4.78, 5) is 30.8. The lowest BCUT2D eigenvalue weighted by Crippen LogP contribution is -2.58. The number of sulfone groups is 1. The Kier molecular flexibility index (Phi) is 10.7. The first kappa shape index (κ1) is 36.4. The van der Waals surface area contributed by atoms with Crippen molar-refractivity contribution in [2.24, 2.45) is 17.8 Å². The number of nitrogens with one attached hydrogen (secondary N) is 2. The second-order valence-corrected chi connectivity index (χ2v) is 18.0. The summed E-state index contributed by atoms with van der Waals surface area (Å²) < 4.78 is 50.8. The lowest BCUT2D eigenvalue weighted by atomic mass is 9.58. The normalized spacial score (nSPS) is 23.5. The summed E-state index contributed by atoms with van der Waals surface area (Å²) in [7, 11) is -1.83. The Labute approximate surface area is 296 Å². The molecule has 2 aliphatic carbocycles. The van der Waals surface area contributed by atoms with Crippen molar-refractivity contribution in [3.63, 3.8) is 0 Å². The number of methoxy groups -OCH3 is 1. The van der Waals surface area contributed by atoms with Gasteiger partial charge < -0.3 is 29.9 Å². The van der Waals surface area contributed by atoms with Crippen molar-refractivity contribution < 1.29 is 31.9 Å². The van der Waals surface area contributed by atoms with Gasteiger partial charge in [0.2, 0.25) is 0 Å². The van der Waals surface area contributed by atoms with E-state index in [1.807, 2.05) is 39.0 Å². The Morgan fingerprint density at radius 2 is 1.64 bits per heavy atom. The molecule has 0 aromatic heterocycles. The van der Waals surface area contributed by atoms with Crippen molar-refractivity contribution in [3.8, 4) is 0 Å². The summed E-state index contributed by atoms with van der Waals surface area (Å²) in [6.07, 6.45) is 4.75. The SMILES string of the molecule is COC(=O)N[C@H]1CCC[C@@H]1[C@](CNC(=O)OC(C)(C)C)(c1cccc(F)c1)C1CCN(CC2CN(c3ccc(S(=O)(=O)C4CC4)cc3)C2)CC1. The van der Waals surface area contributed by atoms with Crippen LogP contribution in [0.1, 0.15) is 71.3 Å². The second-order valence-electron chi connectivity index (χ2n) is 15.8. The molecule has 4 aliphatic rings. The van der Waals surface area contributed by atoms with Crippen LogP contribution in [0.2, 0.25) is 0 Å². The van der Waals surface area contributed by atoms with Gasteiger partial charge in [0, 0.05) is 49.2 Å². The highest BCUT2D eigenvalue weighted by Crippen LogP contribution is 2.50. The number of hydrogen-bond acceptors (Lipinski definition) is 8. The van der Waals surface area contributed by atoms with Crippen molar-refractivity contribution in [2.75, 3.05) is 51.3 Å². The predicted molar refractivity (Wildman–Crippen MR) is 191 cm³/mol. The van der Waals surface area contributed by atoms with Gasteiger partial charge in [-0.15, -0.1) is 0 Å². The molecule has 2 saturated heterocycles. The van der Waals surface area contributed by atoms with Crippen LogP contribution in [0, 0.1) is 23.6 Å². The summed E-state index contributed by atoms with van der Waals surface area (Å²) in [6, 6.07) is 13.9. The van der Waals surface area contributed by atoms with Gasteiger partial charge in [-0.05, 0) is 126 Å². The lowest BCUT2D eigenvalue weighted by Gasteiger charge is -2.51. The first-order chi connectivity index (χ1) is 23.8. The van der Waals surface area contributed by atoms with E-state index in [4.69, 9.17) is 9.47 Å². The fourth-order valence-electron chi connectivity index (χ4n) is 8.71. The van der Waals surface area contributed by atoms with E-state index in [1.165, 1.54) is 13.2 Å². The zero-order valence-electron chi connectivity index (χ0n) is 29.8. The Morgan fingerprint density at radius 1 is 0.940 bits per heavy atom. The van der Waals surface area contributed by atoms with Gasteiger partial charge in [-0.1, -0.05) is 18.6 Å². The summed E-state index contributed by atoms with van der Waals surface area (Å²) in [6.45, 7) is 10.3. The molecular formula is C38H53FN4O6S. The Bertz CT molecular complexity index is 1610. The maximum absolute atomic E-state index is 15.0. The first-order valence-corrected chi connectivity index (χ1v) is 19.7. The van der Waals surface area contributed by atoms with E-state index in [2.05, 4.69) is 20.4 Å². The van der Waals surface area contributed by atoms with Crippen LogP contribution in [0.5, 0.6) is 0 Å². The van der Waals surface area contributed by atoms with E-state index in [0.717, 1.165) is 88.9 Å². The zero-order chi connectivity index (χ0) is 35.7.